The van der Waals surface area contributed by atoms with E-state index >= 15 is 0 Å². The summed E-state index contributed by atoms with van der Waals surface area (Å²) in [6.07, 6.45) is 0.871. The van der Waals surface area contributed by atoms with E-state index < -0.39 is 0 Å². The van der Waals surface area contributed by atoms with Gasteiger partial charge in [-0.25, -0.2) is 0 Å². The van der Waals surface area contributed by atoms with Gasteiger partial charge in [0.1, 0.15) is 11.5 Å². The number of carbonyl (C=O) groups is 1. The summed E-state index contributed by atoms with van der Waals surface area (Å²) in [5.74, 6) is 0.0243. The van der Waals surface area contributed by atoms with E-state index in [1.54, 1.807) is 0 Å². The van der Waals surface area contributed by atoms with E-state index in [9.17, 15) is 9.90 Å². The van der Waals surface area contributed by atoms with Gasteiger partial charge in [0.15, 0.2) is 0 Å². The van der Waals surface area contributed by atoms with Crippen LogP contribution < -0.4 is 11.1 Å². The van der Waals surface area contributed by atoms with Crippen LogP contribution in [0, 0.1) is 0 Å². The van der Waals surface area contributed by atoms with Crippen LogP contribution >= 0.6 is 0 Å². The van der Waals surface area contributed by atoms with Crippen LogP contribution in [-0.2, 0) is 0 Å². The summed E-state index contributed by atoms with van der Waals surface area (Å²) in [5, 5.41) is 18.1. The Bertz CT molecular complexity index is 324. The highest BCUT2D eigenvalue weighted by Gasteiger charge is 2.08. The van der Waals surface area contributed by atoms with Crippen LogP contribution in [0.3, 0.4) is 0 Å². The molecule has 0 saturated heterocycles. The smallest absolute Gasteiger partial charge is 0.269 e. The maximum Gasteiger partial charge on any atom is 0.269 e. The molecule has 0 aliphatic rings. The maximum absolute atomic E-state index is 11.4. The number of hydrogen-bond acceptors (Lipinski definition) is 4. The first-order valence-electron chi connectivity index (χ1n) is 4.90. The molecule has 84 valence electrons. The molecule has 0 aliphatic carbocycles. The predicted molar refractivity (Wildman–Crippen MR) is 56.2 cm³/mol. The monoisotopic (exact) mass is 212 g/mol. The highest BCUT2D eigenvalue weighted by molar-refractivity contribution is 5.92. The largest absolute Gasteiger partial charge is 0.393 e. The molecule has 0 bridgehead atoms. The summed E-state index contributed by atoms with van der Waals surface area (Å²) >= 11 is 0. The molecule has 6 heteroatoms. The molecule has 1 aromatic rings. The Morgan fingerprint density at radius 1 is 1.80 bits per heavy atom. The fourth-order valence-corrected chi connectivity index (χ4v) is 1.11. The quantitative estimate of drug-likeness (QED) is 0.546. The molecule has 1 heterocycles. The number of anilines is 1. The molecule has 1 aromatic heterocycles. The topological polar surface area (TPSA) is 104 Å². The summed E-state index contributed by atoms with van der Waals surface area (Å²) in [5.41, 5.74) is 5.68. The van der Waals surface area contributed by atoms with Gasteiger partial charge >= 0.3 is 0 Å². The Morgan fingerprint density at radius 3 is 3.07 bits per heavy atom. The zero-order chi connectivity index (χ0) is 11.3. The molecule has 0 saturated carbocycles. The maximum atomic E-state index is 11.4. The summed E-state index contributed by atoms with van der Waals surface area (Å²) in [4.78, 5) is 11.4. The Labute approximate surface area is 87.9 Å². The number of rotatable bonds is 5. The number of nitrogens with one attached hydrogen (secondary N) is 2. The first-order valence-corrected chi connectivity index (χ1v) is 4.90. The van der Waals surface area contributed by atoms with Crippen molar-refractivity contribution in [2.75, 3.05) is 12.3 Å². The number of nitrogens with zero attached hydrogens (tertiary/aromatic N) is 1. The number of H-pyrrole nitrogens is 1. The predicted octanol–water partition coefficient (Wildman–Crippen LogP) is -0.117. The van der Waals surface area contributed by atoms with Gasteiger partial charge in [0.25, 0.3) is 5.91 Å². The fourth-order valence-electron chi connectivity index (χ4n) is 1.11. The van der Waals surface area contributed by atoms with Gasteiger partial charge in [0, 0.05) is 12.6 Å². The lowest BCUT2D eigenvalue weighted by atomic mass is 10.2. The number of aliphatic hydroxyl groups is 1. The van der Waals surface area contributed by atoms with Gasteiger partial charge < -0.3 is 16.2 Å². The van der Waals surface area contributed by atoms with Gasteiger partial charge in [0.05, 0.1) is 6.10 Å². The standard InChI is InChI=1S/C9H16N4O2/c1-2-6(14)3-4-11-9(15)7-5-8(10)13-12-7/h5-6,14H,2-4H2,1H3,(H,11,15)(H3,10,12,13). The van der Waals surface area contributed by atoms with Crippen LogP contribution in [0.4, 0.5) is 5.82 Å². The van der Waals surface area contributed by atoms with Crippen LogP contribution in [0.25, 0.3) is 0 Å². The molecule has 0 spiro atoms. The highest BCUT2D eigenvalue weighted by Crippen LogP contribution is 2.00. The van der Waals surface area contributed by atoms with E-state index in [0.29, 0.717) is 25.1 Å². The van der Waals surface area contributed by atoms with Gasteiger partial charge in [-0.3, -0.25) is 9.89 Å². The molecule has 1 atom stereocenters. The minimum absolute atomic E-state index is 0.262. The Hall–Kier alpha value is -1.56. The fraction of sp³-hybridized carbons (Fsp3) is 0.556. The average molecular weight is 212 g/mol. The third-order valence-corrected chi connectivity index (χ3v) is 2.08. The average Bonchev–Trinajstić information content (AvgIpc) is 2.64. The van der Waals surface area contributed by atoms with E-state index in [0.717, 1.165) is 0 Å². The highest BCUT2D eigenvalue weighted by atomic mass is 16.3. The first kappa shape index (κ1) is 11.5. The number of aromatic amines is 1. The summed E-state index contributed by atoms with van der Waals surface area (Å²) in [6, 6.07) is 1.46. The number of nitrogen functional groups attached to an aromatic ring is 1. The van der Waals surface area contributed by atoms with Gasteiger partial charge in [-0.2, -0.15) is 5.10 Å². The summed E-state index contributed by atoms with van der Waals surface area (Å²) < 4.78 is 0. The van der Waals surface area contributed by atoms with Crippen molar-refractivity contribution in [2.24, 2.45) is 0 Å². The van der Waals surface area contributed by atoms with E-state index in [2.05, 4.69) is 15.5 Å². The number of carbonyl (C=O) groups excluding carboxylic acids is 1. The number of aliphatic hydroxyl groups excluding tert-OH is 1. The number of aromatic nitrogens is 2. The van der Waals surface area contributed by atoms with Crippen molar-refractivity contribution in [1.29, 1.82) is 0 Å². The molecule has 0 aliphatic heterocycles. The SMILES string of the molecule is CCC(O)CCNC(=O)c1cc(N)n[nH]1. The van der Waals surface area contributed by atoms with Crippen molar-refractivity contribution >= 4 is 11.7 Å². The lowest BCUT2D eigenvalue weighted by Crippen LogP contribution is -2.27. The summed E-state index contributed by atoms with van der Waals surface area (Å²) in [7, 11) is 0. The van der Waals surface area contributed by atoms with Crippen LogP contribution in [0.2, 0.25) is 0 Å². The van der Waals surface area contributed by atoms with Gasteiger partial charge in [0.2, 0.25) is 0 Å². The molecule has 6 nitrogen and oxygen atoms in total. The minimum atomic E-state index is -0.364. The Kier molecular flexibility index (Phi) is 4.11. The molecular formula is C9H16N4O2. The molecule has 1 unspecified atom stereocenters. The molecular weight excluding hydrogens is 196 g/mol. The molecule has 0 aromatic carbocycles. The summed E-state index contributed by atoms with van der Waals surface area (Å²) in [6.45, 7) is 2.33. The van der Waals surface area contributed by atoms with Gasteiger partial charge in [-0.15, -0.1) is 0 Å². The lowest BCUT2D eigenvalue weighted by Gasteiger charge is -2.07. The van der Waals surface area contributed by atoms with E-state index in [-0.39, 0.29) is 17.8 Å². The third kappa shape index (κ3) is 3.59. The van der Waals surface area contributed by atoms with E-state index in [4.69, 9.17) is 5.73 Å². The first-order chi connectivity index (χ1) is 7.13. The van der Waals surface area contributed by atoms with Crippen LogP contribution in [0.5, 0.6) is 0 Å². The second-order valence-corrected chi connectivity index (χ2v) is 3.31. The lowest BCUT2D eigenvalue weighted by molar-refractivity contribution is 0.0937. The number of amides is 1. The normalized spacial score (nSPS) is 12.4. The van der Waals surface area contributed by atoms with Gasteiger partial charge in [-0.05, 0) is 12.8 Å². The van der Waals surface area contributed by atoms with Crippen molar-refractivity contribution in [1.82, 2.24) is 15.5 Å². The number of nitrogens with two attached hydrogens (primary N) is 1. The second-order valence-electron chi connectivity index (χ2n) is 3.31. The third-order valence-electron chi connectivity index (χ3n) is 2.08. The molecule has 15 heavy (non-hydrogen) atoms. The van der Waals surface area contributed by atoms with Crippen molar-refractivity contribution in [2.45, 2.75) is 25.9 Å². The zero-order valence-corrected chi connectivity index (χ0v) is 8.66. The van der Waals surface area contributed by atoms with Crippen LogP contribution in [0.1, 0.15) is 30.3 Å². The van der Waals surface area contributed by atoms with Crippen molar-refractivity contribution in [3.63, 3.8) is 0 Å². The zero-order valence-electron chi connectivity index (χ0n) is 8.66. The van der Waals surface area contributed by atoms with Crippen molar-refractivity contribution in [3.8, 4) is 0 Å². The Balaban J connectivity index is 2.31. The van der Waals surface area contributed by atoms with E-state index in [1.165, 1.54) is 6.07 Å². The molecule has 1 rings (SSSR count). The van der Waals surface area contributed by atoms with Crippen LogP contribution in [0.15, 0.2) is 6.07 Å². The molecule has 0 fully saturated rings. The number of hydrogen-bond donors (Lipinski definition) is 4. The second kappa shape index (κ2) is 5.35. The minimum Gasteiger partial charge on any atom is -0.393 e. The Morgan fingerprint density at radius 2 is 2.53 bits per heavy atom. The van der Waals surface area contributed by atoms with Crippen molar-refractivity contribution < 1.29 is 9.90 Å². The van der Waals surface area contributed by atoms with Crippen LogP contribution in [-0.4, -0.2) is 33.9 Å². The molecule has 5 N–H and O–H groups in total. The molecule has 1 amide bonds. The van der Waals surface area contributed by atoms with Gasteiger partial charge in [-0.1, -0.05) is 6.92 Å². The van der Waals surface area contributed by atoms with Crippen molar-refractivity contribution in [3.05, 3.63) is 11.8 Å². The molecule has 0 radical (unpaired) electrons. The van der Waals surface area contributed by atoms with E-state index in [1.807, 2.05) is 6.92 Å².